The Kier molecular flexibility index (Phi) is 7.63. The monoisotopic (exact) mass is 509 g/mol. The molecule has 3 rings (SSSR count). The van der Waals surface area contributed by atoms with Gasteiger partial charge in [-0.05, 0) is 64.0 Å². The fraction of sp³-hybridized carbons (Fsp3) is 0.238. The van der Waals surface area contributed by atoms with Crippen LogP contribution < -0.4 is 18.9 Å². The van der Waals surface area contributed by atoms with E-state index < -0.39 is 0 Å². The zero-order chi connectivity index (χ0) is 21.7. The molecule has 1 aliphatic heterocycles. The summed E-state index contributed by atoms with van der Waals surface area (Å²) in [6, 6.07) is 11.0. The molecule has 0 aliphatic carbocycles. The molecule has 0 atom stereocenters. The number of carbonyl (C=O) groups is 1. The summed E-state index contributed by atoms with van der Waals surface area (Å²) in [6.07, 6.45) is 1.78. The maximum atomic E-state index is 12.2. The number of hydrogen-bond acceptors (Lipinski definition) is 7. The highest BCUT2D eigenvalue weighted by molar-refractivity contribution is 9.10. The quantitative estimate of drug-likeness (QED) is 0.289. The number of rotatable bonds is 8. The van der Waals surface area contributed by atoms with Crippen LogP contribution in [0.3, 0.4) is 0 Å². The minimum atomic E-state index is -0.115. The van der Waals surface area contributed by atoms with E-state index >= 15 is 0 Å². The minimum absolute atomic E-state index is 0.115. The first kappa shape index (κ1) is 22.5. The molecular formula is C21H20BrNO5S2. The second-order valence-corrected chi connectivity index (χ2v) is 8.68. The Hall–Kier alpha value is -2.23. The molecule has 1 aliphatic rings. The predicted octanol–water partition coefficient (Wildman–Crippen LogP) is 4.76. The van der Waals surface area contributed by atoms with Crippen LogP contribution in [-0.4, -0.2) is 49.6 Å². The third kappa shape index (κ3) is 5.27. The second-order valence-electron chi connectivity index (χ2n) is 6.15. The number of likely N-dealkylation sites (N-methyl/N-ethyl adjacent to an activating group) is 1. The number of benzene rings is 2. The number of thioether (sulfide) groups is 1. The fourth-order valence-corrected chi connectivity index (χ4v) is 4.39. The minimum Gasteiger partial charge on any atom is -0.497 e. The third-order valence-corrected chi connectivity index (χ3v) is 6.27. The number of ether oxygens (including phenoxy) is 4. The molecule has 0 saturated carbocycles. The second kappa shape index (κ2) is 10.2. The molecule has 2 aromatic rings. The van der Waals surface area contributed by atoms with Crippen LogP contribution in [0.25, 0.3) is 6.08 Å². The Balaban J connectivity index is 1.65. The van der Waals surface area contributed by atoms with Gasteiger partial charge in [0.2, 0.25) is 0 Å². The van der Waals surface area contributed by atoms with E-state index in [1.54, 1.807) is 27.3 Å². The van der Waals surface area contributed by atoms with Crippen molar-refractivity contribution < 1.29 is 23.7 Å². The summed E-state index contributed by atoms with van der Waals surface area (Å²) in [5, 5.41) is 0. The van der Waals surface area contributed by atoms with E-state index in [1.165, 1.54) is 16.7 Å². The molecule has 0 spiro atoms. The molecule has 0 aromatic heterocycles. The lowest BCUT2D eigenvalue weighted by atomic mass is 10.2. The highest BCUT2D eigenvalue weighted by Crippen LogP contribution is 2.39. The lowest BCUT2D eigenvalue weighted by molar-refractivity contribution is -0.121. The van der Waals surface area contributed by atoms with Crippen LogP contribution in [0.2, 0.25) is 0 Å². The molecule has 0 bridgehead atoms. The normalized spacial score (nSPS) is 14.9. The number of amides is 1. The molecule has 1 fully saturated rings. The molecule has 158 valence electrons. The van der Waals surface area contributed by atoms with Crippen LogP contribution in [0.4, 0.5) is 0 Å². The first-order valence-electron chi connectivity index (χ1n) is 8.91. The molecule has 1 amide bonds. The Morgan fingerprint density at radius 3 is 2.33 bits per heavy atom. The molecule has 1 heterocycles. The van der Waals surface area contributed by atoms with Crippen LogP contribution >= 0.6 is 39.9 Å². The van der Waals surface area contributed by atoms with Crippen LogP contribution in [0.15, 0.2) is 45.8 Å². The van der Waals surface area contributed by atoms with Gasteiger partial charge in [0, 0.05) is 7.05 Å². The first-order valence-corrected chi connectivity index (χ1v) is 10.9. The Morgan fingerprint density at radius 2 is 1.73 bits per heavy atom. The van der Waals surface area contributed by atoms with Crippen molar-refractivity contribution in [1.29, 1.82) is 0 Å². The van der Waals surface area contributed by atoms with Gasteiger partial charge in [0.05, 0.1) is 23.6 Å². The number of carbonyl (C=O) groups excluding carboxylic acids is 1. The lowest BCUT2D eigenvalue weighted by Crippen LogP contribution is -2.22. The summed E-state index contributed by atoms with van der Waals surface area (Å²) in [6.45, 7) is 0.692. The van der Waals surface area contributed by atoms with Gasteiger partial charge in [0.1, 0.15) is 29.0 Å². The summed E-state index contributed by atoms with van der Waals surface area (Å²) in [4.78, 5) is 14.2. The average Bonchev–Trinajstić information content (AvgIpc) is 2.98. The largest absolute Gasteiger partial charge is 0.497 e. The van der Waals surface area contributed by atoms with Crippen LogP contribution in [-0.2, 0) is 4.79 Å². The van der Waals surface area contributed by atoms with Crippen molar-refractivity contribution in [2.75, 3.05) is 34.5 Å². The van der Waals surface area contributed by atoms with Gasteiger partial charge in [0.25, 0.3) is 5.91 Å². The fourth-order valence-electron chi connectivity index (χ4n) is 2.64. The smallest absolute Gasteiger partial charge is 0.265 e. The van der Waals surface area contributed by atoms with E-state index in [1.807, 2.05) is 36.4 Å². The van der Waals surface area contributed by atoms with E-state index in [-0.39, 0.29) is 5.91 Å². The van der Waals surface area contributed by atoms with Gasteiger partial charge in [-0.2, -0.15) is 0 Å². The van der Waals surface area contributed by atoms with Crippen molar-refractivity contribution in [3.8, 4) is 23.0 Å². The van der Waals surface area contributed by atoms with Crippen LogP contribution in [0.1, 0.15) is 5.56 Å². The topological polar surface area (TPSA) is 57.2 Å². The first-order chi connectivity index (χ1) is 14.4. The summed E-state index contributed by atoms with van der Waals surface area (Å²) in [7, 11) is 4.85. The molecule has 0 N–H and O–H groups in total. The Morgan fingerprint density at radius 1 is 1.07 bits per heavy atom. The van der Waals surface area contributed by atoms with Gasteiger partial charge in [0.15, 0.2) is 11.5 Å². The van der Waals surface area contributed by atoms with Crippen molar-refractivity contribution in [1.82, 2.24) is 4.90 Å². The molecule has 9 heteroatoms. The van der Waals surface area contributed by atoms with E-state index in [0.29, 0.717) is 38.4 Å². The zero-order valence-corrected chi connectivity index (χ0v) is 19.9. The molecule has 0 radical (unpaired) electrons. The summed E-state index contributed by atoms with van der Waals surface area (Å²) in [5.41, 5.74) is 0.800. The maximum Gasteiger partial charge on any atom is 0.265 e. The summed E-state index contributed by atoms with van der Waals surface area (Å²) >= 11 is 9.97. The zero-order valence-electron chi connectivity index (χ0n) is 16.6. The molecule has 30 heavy (non-hydrogen) atoms. The van der Waals surface area contributed by atoms with Crippen molar-refractivity contribution in [2.45, 2.75) is 0 Å². The van der Waals surface area contributed by atoms with Gasteiger partial charge in [-0.25, -0.2) is 0 Å². The lowest BCUT2D eigenvalue weighted by Gasteiger charge is -2.14. The Bertz CT molecular complexity index is 978. The van der Waals surface area contributed by atoms with Crippen molar-refractivity contribution in [3.05, 3.63) is 51.3 Å². The number of thiocarbonyl (C=S) groups is 1. The molecule has 6 nitrogen and oxygen atoms in total. The van der Waals surface area contributed by atoms with Gasteiger partial charge < -0.3 is 18.9 Å². The van der Waals surface area contributed by atoms with Crippen molar-refractivity contribution in [3.63, 3.8) is 0 Å². The average molecular weight is 510 g/mol. The molecule has 2 aromatic carbocycles. The van der Waals surface area contributed by atoms with Crippen LogP contribution in [0.5, 0.6) is 23.0 Å². The number of halogens is 1. The van der Waals surface area contributed by atoms with Crippen LogP contribution in [0, 0.1) is 0 Å². The maximum absolute atomic E-state index is 12.2. The number of nitrogens with zero attached hydrogens (tertiary/aromatic N) is 1. The van der Waals surface area contributed by atoms with Gasteiger partial charge >= 0.3 is 0 Å². The standard InChI is InChI=1S/C21H20BrNO5S2/c1-23-20(24)18(30-21(23)29)12-13-10-16(22)19(17(11-13)26-3)28-9-8-27-15-6-4-14(25-2)5-7-15/h4-7,10-12H,8-9H2,1-3H3. The van der Waals surface area contributed by atoms with E-state index in [9.17, 15) is 4.79 Å². The molecular weight excluding hydrogens is 490 g/mol. The number of hydrogen-bond donors (Lipinski definition) is 0. The summed E-state index contributed by atoms with van der Waals surface area (Å²) < 4.78 is 23.4. The van der Waals surface area contributed by atoms with Crippen molar-refractivity contribution >= 4 is 56.2 Å². The van der Waals surface area contributed by atoms with Gasteiger partial charge in [-0.1, -0.05) is 24.0 Å². The molecule has 1 saturated heterocycles. The van der Waals surface area contributed by atoms with E-state index in [4.69, 9.17) is 31.2 Å². The number of methoxy groups -OCH3 is 2. The molecule has 0 unspecified atom stereocenters. The van der Waals surface area contributed by atoms with E-state index in [2.05, 4.69) is 15.9 Å². The third-order valence-electron chi connectivity index (χ3n) is 4.19. The van der Waals surface area contributed by atoms with Gasteiger partial charge in [-0.3, -0.25) is 9.69 Å². The van der Waals surface area contributed by atoms with Gasteiger partial charge in [-0.15, -0.1) is 0 Å². The highest BCUT2D eigenvalue weighted by Gasteiger charge is 2.28. The van der Waals surface area contributed by atoms with E-state index in [0.717, 1.165) is 17.1 Å². The Labute approximate surface area is 193 Å². The van der Waals surface area contributed by atoms with Crippen molar-refractivity contribution in [2.24, 2.45) is 0 Å². The SMILES string of the molecule is COc1ccc(OCCOc2c(Br)cc(C=C3SC(=S)N(C)C3=O)cc2OC)cc1. The summed E-state index contributed by atoms with van der Waals surface area (Å²) in [5.74, 6) is 2.50. The highest BCUT2D eigenvalue weighted by atomic mass is 79.9. The predicted molar refractivity (Wildman–Crippen MR) is 126 cm³/mol.